The third-order valence-electron chi connectivity index (χ3n) is 5.96. The van der Waals surface area contributed by atoms with E-state index in [9.17, 15) is 4.79 Å². The lowest BCUT2D eigenvalue weighted by atomic mass is 10.1. The summed E-state index contributed by atoms with van der Waals surface area (Å²) >= 11 is 0. The Bertz CT molecular complexity index is 1120. The second-order valence-electron chi connectivity index (χ2n) is 8.07. The maximum absolute atomic E-state index is 12.8. The normalized spacial score (nSPS) is 19.1. The molecule has 8 heteroatoms. The van der Waals surface area contributed by atoms with Crippen LogP contribution in [0.3, 0.4) is 0 Å². The van der Waals surface area contributed by atoms with Crippen molar-refractivity contribution in [3.63, 3.8) is 0 Å². The third-order valence-corrected chi connectivity index (χ3v) is 5.96. The van der Waals surface area contributed by atoms with Crippen molar-refractivity contribution >= 4 is 22.4 Å². The summed E-state index contributed by atoms with van der Waals surface area (Å²) in [6, 6.07) is 10.3. The molecular formula is C23H27N5O3. The molecule has 0 radical (unpaired) electrons. The number of hydrogen-bond acceptors (Lipinski definition) is 7. The fraction of sp³-hybridized carbons (Fsp3) is 0.435. The summed E-state index contributed by atoms with van der Waals surface area (Å²) < 4.78 is 12.7. The zero-order chi connectivity index (χ0) is 21.2. The molecule has 2 aliphatic heterocycles. The van der Waals surface area contributed by atoms with Crippen LogP contribution in [0.5, 0.6) is 0 Å². The molecule has 8 nitrogen and oxygen atoms in total. The molecule has 1 aromatic carbocycles. The average Bonchev–Trinajstić information content (AvgIpc) is 3.34. The topological polar surface area (TPSA) is 81.5 Å². The number of benzene rings is 1. The van der Waals surface area contributed by atoms with Gasteiger partial charge in [-0.2, -0.15) is 0 Å². The highest BCUT2D eigenvalue weighted by molar-refractivity contribution is 5.91. The number of nitrogens with zero attached hydrogens (tertiary/aromatic N) is 4. The molecule has 2 aromatic heterocycles. The van der Waals surface area contributed by atoms with E-state index in [-0.39, 0.29) is 11.7 Å². The molecule has 0 amide bonds. The number of morpholine rings is 1. The molecule has 0 bridgehead atoms. The van der Waals surface area contributed by atoms with Crippen LogP contribution in [0.15, 0.2) is 41.5 Å². The molecule has 2 fully saturated rings. The minimum Gasteiger partial charge on any atom is -0.378 e. The first-order valence-corrected chi connectivity index (χ1v) is 10.8. The SMILES string of the molecule is Cn1cnc2cc(-c3ccc(N4CCOCC4)cc3)nc(NC[C@@H]3CCCO3)c2c1=O. The largest absolute Gasteiger partial charge is 0.378 e. The molecule has 0 saturated carbocycles. The van der Waals surface area contributed by atoms with Gasteiger partial charge in [-0.1, -0.05) is 12.1 Å². The van der Waals surface area contributed by atoms with Crippen LogP contribution < -0.4 is 15.8 Å². The highest BCUT2D eigenvalue weighted by Gasteiger charge is 2.18. The predicted octanol–water partition coefficient (Wildman–Crippen LogP) is 2.42. The van der Waals surface area contributed by atoms with Crippen molar-refractivity contribution in [2.24, 2.45) is 7.05 Å². The van der Waals surface area contributed by atoms with Gasteiger partial charge in [0.25, 0.3) is 5.56 Å². The molecule has 0 spiro atoms. The number of aryl methyl sites for hydroxylation is 1. The lowest BCUT2D eigenvalue weighted by Gasteiger charge is -2.28. The van der Waals surface area contributed by atoms with Gasteiger partial charge in [-0.3, -0.25) is 4.79 Å². The minimum absolute atomic E-state index is 0.110. The minimum atomic E-state index is -0.110. The second kappa shape index (κ2) is 8.64. The van der Waals surface area contributed by atoms with Gasteiger partial charge >= 0.3 is 0 Å². The Balaban J connectivity index is 1.49. The van der Waals surface area contributed by atoms with Crippen LogP contribution in [0.4, 0.5) is 11.5 Å². The summed E-state index contributed by atoms with van der Waals surface area (Å²) in [7, 11) is 1.71. The zero-order valence-corrected chi connectivity index (χ0v) is 17.7. The van der Waals surface area contributed by atoms with E-state index in [4.69, 9.17) is 14.5 Å². The van der Waals surface area contributed by atoms with Crippen LogP contribution >= 0.6 is 0 Å². The molecule has 31 heavy (non-hydrogen) atoms. The van der Waals surface area contributed by atoms with Crippen LogP contribution in [0, 0.1) is 0 Å². The van der Waals surface area contributed by atoms with E-state index in [1.807, 2.05) is 6.07 Å². The van der Waals surface area contributed by atoms with Crippen LogP contribution in [0.1, 0.15) is 12.8 Å². The number of fused-ring (bicyclic) bond motifs is 1. The van der Waals surface area contributed by atoms with Crippen LogP contribution in [-0.4, -0.2) is 60.1 Å². The standard InChI is InChI=1S/C23H27N5O3/c1-27-15-25-20-13-19(16-4-6-17(7-5-16)28-8-11-30-12-9-28)26-22(21(20)23(27)29)24-14-18-3-2-10-31-18/h4-7,13,15,18H,2-3,8-12,14H2,1H3,(H,24,26)/t18-/m0/s1. The summed E-state index contributed by atoms with van der Waals surface area (Å²) in [6.45, 7) is 4.73. The van der Waals surface area contributed by atoms with Crippen molar-refractivity contribution < 1.29 is 9.47 Å². The van der Waals surface area contributed by atoms with Crippen molar-refractivity contribution in [2.75, 3.05) is 49.7 Å². The fourth-order valence-electron chi connectivity index (χ4n) is 4.18. The first-order valence-electron chi connectivity index (χ1n) is 10.8. The third kappa shape index (κ3) is 4.13. The van der Waals surface area contributed by atoms with E-state index in [1.54, 1.807) is 13.4 Å². The number of rotatable bonds is 5. The molecule has 0 aliphatic carbocycles. The summed E-state index contributed by atoms with van der Waals surface area (Å²) in [5, 5.41) is 3.87. The van der Waals surface area contributed by atoms with Gasteiger partial charge in [-0.05, 0) is 31.0 Å². The van der Waals surface area contributed by atoms with Gasteiger partial charge in [0, 0.05) is 44.5 Å². The first-order chi connectivity index (χ1) is 15.2. The van der Waals surface area contributed by atoms with E-state index in [0.29, 0.717) is 23.3 Å². The first kappa shape index (κ1) is 20.0. The molecular weight excluding hydrogens is 394 g/mol. The maximum Gasteiger partial charge on any atom is 0.264 e. The van der Waals surface area contributed by atoms with E-state index in [0.717, 1.165) is 57.0 Å². The highest BCUT2D eigenvalue weighted by Crippen LogP contribution is 2.27. The van der Waals surface area contributed by atoms with Crippen molar-refractivity contribution in [1.29, 1.82) is 0 Å². The molecule has 3 aromatic rings. The molecule has 162 valence electrons. The summed E-state index contributed by atoms with van der Waals surface area (Å²) in [5.74, 6) is 0.564. The Kier molecular flexibility index (Phi) is 5.57. The predicted molar refractivity (Wildman–Crippen MR) is 121 cm³/mol. The Morgan fingerprint density at radius 2 is 1.97 bits per heavy atom. The number of nitrogens with one attached hydrogen (secondary N) is 1. The monoisotopic (exact) mass is 421 g/mol. The summed E-state index contributed by atoms with van der Waals surface area (Å²) in [6.07, 6.45) is 3.79. The van der Waals surface area contributed by atoms with Crippen LogP contribution in [-0.2, 0) is 16.5 Å². The van der Waals surface area contributed by atoms with Gasteiger partial charge in [0.1, 0.15) is 11.2 Å². The number of aromatic nitrogens is 3. The summed E-state index contributed by atoms with van der Waals surface area (Å²) in [4.78, 5) is 24.4. The van der Waals surface area contributed by atoms with Gasteiger partial charge in [0.2, 0.25) is 0 Å². The smallest absolute Gasteiger partial charge is 0.264 e. The second-order valence-corrected chi connectivity index (χ2v) is 8.07. The van der Waals surface area contributed by atoms with Gasteiger partial charge in [-0.25, -0.2) is 9.97 Å². The zero-order valence-electron chi connectivity index (χ0n) is 17.7. The van der Waals surface area contributed by atoms with Crippen molar-refractivity contribution in [3.05, 3.63) is 47.0 Å². The number of anilines is 2. The Labute approximate surface area is 180 Å². The van der Waals surface area contributed by atoms with Gasteiger partial charge < -0.3 is 24.3 Å². The molecule has 1 atom stereocenters. The van der Waals surface area contributed by atoms with Gasteiger partial charge in [0.05, 0.1) is 36.9 Å². The Morgan fingerprint density at radius 3 is 2.71 bits per heavy atom. The fourth-order valence-corrected chi connectivity index (χ4v) is 4.18. The molecule has 2 aliphatic rings. The Morgan fingerprint density at radius 1 is 1.16 bits per heavy atom. The van der Waals surface area contributed by atoms with E-state index in [2.05, 4.69) is 39.5 Å². The van der Waals surface area contributed by atoms with Gasteiger partial charge in [0.15, 0.2) is 0 Å². The quantitative estimate of drug-likeness (QED) is 0.678. The number of hydrogen-bond donors (Lipinski definition) is 1. The maximum atomic E-state index is 12.8. The van der Waals surface area contributed by atoms with Crippen LogP contribution in [0.25, 0.3) is 22.2 Å². The van der Waals surface area contributed by atoms with E-state index in [1.165, 1.54) is 10.3 Å². The molecule has 0 unspecified atom stereocenters. The van der Waals surface area contributed by atoms with E-state index < -0.39 is 0 Å². The molecule has 1 N–H and O–H groups in total. The highest BCUT2D eigenvalue weighted by atomic mass is 16.5. The Hall–Kier alpha value is -2.97. The molecule has 2 saturated heterocycles. The average molecular weight is 422 g/mol. The van der Waals surface area contributed by atoms with Crippen molar-refractivity contribution in [3.8, 4) is 11.3 Å². The van der Waals surface area contributed by atoms with Crippen molar-refractivity contribution in [1.82, 2.24) is 14.5 Å². The van der Waals surface area contributed by atoms with Crippen LogP contribution in [0.2, 0.25) is 0 Å². The lowest BCUT2D eigenvalue weighted by Crippen LogP contribution is -2.36. The van der Waals surface area contributed by atoms with E-state index >= 15 is 0 Å². The lowest BCUT2D eigenvalue weighted by molar-refractivity contribution is 0.120. The molecule has 4 heterocycles. The van der Waals surface area contributed by atoms with Gasteiger partial charge in [-0.15, -0.1) is 0 Å². The number of pyridine rings is 1. The van der Waals surface area contributed by atoms with Crippen molar-refractivity contribution in [2.45, 2.75) is 18.9 Å². The number of ether oxygens (including phenoxy) is 2. The molecule has 5 rings (SSSR count). The summed E-state index contributed by atoms with van der Waals surface area (Å²) in [5.41, 5.74) is 3.48.